The molecule has 39 heavy (non-hydrogen) atoms. The van der Waals surface area contributed by atoms with E-state index < -0.39 is 17.3 Å². The lowest BCUT2D eigenvalue weighted by molar-refractivity contribution is 0.00708. The number of amides is 2. The predicted molar refractivity (Wildman–Crippen MR) is 153 cm³/mol. The second-order valence-electron chi connectivity index (χ2n) is 12.4. The molecule has 1 aliphatic rings. The molecule has 8 nitrogen and oxygen atoms in total. The molecular weight excluding hydrogens is 492 g/mol. The molecule has 0 radical (unpaired) electrons. The number of carbonyl (C=O) groups is 2. The highest BCUT2D eigenvalue weighted by Crippen LogP contribution is 2.26. The van der Waals surface area contributed by atoms with E-state index in [1.807, 2.05) is 65.6 Å². The van der Waals surface area contributed by atoms with Gasteiger partial charge < -0.3 is 14.8 Å². The Kier molecular flexibility index (Phi) is 10.4. The summed E-state index contributed by atoms with van der Waals surface area (Å²) < 4.78 is 11.1. The molecule has 3 rings (SSSR count). The molecule has 8 heteroatoms. The fourth-order valence-corrected chi connectivity index (χ4v) is 4.60. The van der Waals surface area contributed by atoms with Crippen LogP contribution in [-0.2, 0) is 29.0 Å². The molecule has 0 aliphatic carbocycles. The highest BCUT2D eigenvalue weighted by atomic mass is 16.6. The summed E-state index contributed by atoms with van der Waals surface area (Å²) in [6.45, 7) is 16.6. The van der Waals surface area contributed by atoms with Gasteiger partial charge in [0.05, 0.1) is 11.7 Å². The maximum Gasteiger partial charge on any atom is 0.410 e. The van der Waals surface area contributed by atoms with Gasteiger partial charge in [-0.1, -0.05) is 30.3 Å². The fourth-order valence-electron chi connectivity index (χ4n) is 4.60. The van der Waals surface area contributed by atoms with Gasteiger partial charge in [0, 0.05) is 32.4 Å². The molecule has 1 N–H and O–H groups in total. The molecule has 1 aromatic carbocycles. The highest BCUT2D eigenvalue weighted by molar-refractivity contribution is 5.69. The number of nitrogens with one attached hydrogen (secondary N) is 1. The highest BCUT2D eigenvalue weighted by Gasteiger charge is 2.33. The molecule has 0 saturated carbocycles. The van der Waals surface area contributed by atoms with Gasteiger partial charge in [-0.25, -0.2) is 9.59 Å². The van der Waals surface area contributed by atoms with E-state index in [1.165, 1.54) is 11.1 Å². The zero-order valence-electron chi connectivity index (χ0n) is 24.8. The maximum absolute atomic E-state index is 13.3. The van der Waals surface area contributed by atoms with Crippen molar-refractivity contribution in [3.8, 4) is 0 Å². The van der Waals surface area contributed by atoms with Crippen molar-refractivity contribution in [2.75, 3.05) is 19.6 Å². The topological polar surface area (TPSA) is 84.0 Å². The maximum atomic E-state index is 13.3. The van der Waals surface area contributed by atoms with E-state index in [2.05, 4.69) is 45.5 Å². The van der Waals surface area contributed by atoms with Crippen LogP contribution in [-0.4, -0.2) is 63.8 Å². The first-order chi connectivity index (χ1) is 18.3. The van der Waals surface area contributed by atoms with Crippen LogP contribution in [0.1, 0.15) is 76.8 Å². The molecule has 1 atom stereocenters. The van der Waals surface area contributed by atoms with Crippen molar-refractivity contribution in [2.45, 2.75) is 98.1 Å². The average Bonchev–Trinajstić information content (AvgIpc) is 2.82. The Morgan fingerprint density at radius 3 is 2.33 bits per heavy atom. The zero-order valence-corrected chi connectivity index (χ0v) is 24.8. The molecule has 0 fully saturated rings. The third-order valence-corrected chi connectivity index (χ3v) is 6.38. The van der Waals surface area contributed by atoms with Gasteiger partial charge in [0.1, 0.15) is 11.2 Å². The third kappa shape index (κ3) is 10.5. The van der Waals surface area contributed by atoms with Gasteiger partial charge in [0.15, 0.2) is 0 Å². The van der Waals surface area contributed by atoms with E-state index in [4.69, 9.17) is 9.47 Å². The first-order valence-corrected chi connectivity index (χ1v) is 14.0. The molecule has 1 aliphatic heterocycles. The van der Waals surface area contributed by atoms with E-state index in [9.17, 15) is 9.59 Å². The number of nitrogens with zero attached hydrogens (tertiary/aromatic N) is 3. The molecule has 214 valence electrons. The van der Waals surface area contributed by atoms with Gasteiger partial charge >= 0.3 is 12.2 Å². The Labute approximate surface area is 234 Å². The molecule has 0 bridgehead atoms. The number of carbonyl (C=O) groups excluding carboxylic acids is 2. The lowest BCUT2D eigenvalue weighted by Gasteiger charge is -2.40. The molecule has 0 unspecified atom stereocenters. The van der Waals surface area contributed by atoms with Crippen LogP contribution in [0.15, 0.2) is 42.6 Å². The van der Waals surface area contributed by atoms with E-state index in [1.54, 1.807) is 0 Å². The summed E-state index contributed by atoms with van der Waals surface area (Å²) >= 11 is 0. The van der Waals surface area contributed by atoms with Crippen LogP contribution in [0.3, 0.4) is 0 Å². The summed E-state index contributed by atoms with van der Waals surface area (Å²) in [5.41, 5.74) is 3.48. The first kappa shape index (κ1) is 30.4. The van der Waals surface area contributed by atoms with Crippen LogP contribution in [0.4, 0.5) is 9.59 Å². The predicted octanol–water partition coefficient (Wildman–Crippen LogP) is 5.86. The number of unbranched alkanes of at least 4 members (excludes halogenated alkanes) is 1. The largest absolute Gasteiger partial charge is 0.444 e. The van der Waals surface area contributed by atoms with Crippen molar-refractivity contribution in [2.24, 2.45) is 0 Å². The summed E-state index contributed by atoms with van der Waals surface area (Å²) in [6.07, 6.45) is 3.70. The number of aromatic nitrogens is 1. The molecule has 2 aromatic rings. The molecular formula is C31H46N4O4. The Bertz CT molecular complexity index is 1090. The quantitative estimate of drug-likeness (QED) is 0.403. The summed E-state index contributed by atoms with van der Waals surface area (Å²) in [5, 5.41) is 2.84. The molecule has 1 aromatic heterocycles. The number of hydrogen-bond donors (Lipinski definition) is 1. The van der Waals surface area contributed by atoms with Gasteiger partial charge in [-0.15, -0.1) is 0 Å². The lowest BCUT2D eigenvalue weighted by Crippen LogP contribution is -2.51. The average molecular weight is 539 g/mol. The van der Waals surface area contributed by atoms with Gasteiger partial charge in [-0.3, -0.25) is 14.8 Å². The van der Waals surface area contributed by atoms with Crippen molar-refractivity contribution >= 4 is 12.2 Å². The van der Waals surface area contributed by atoms with Crippen LogP contribution >= 0.6 is 0 Å². The summed E-state index contributed by atoms with van der Waals surface area (Å²) in [7, 11) is 0. The molecule has 2 amide bonds. The standard InChI is InChI=1S/C31H46N4O4/c1-23-14-15-26(33-19-23)21-34(17-11-10-16-32-28(36)38-30(2,3)4)22-27-18-24-12-8-9-13-25(24)20-35(27)29(37)39-31(5,6)7/h8-9,12-15,19,27H,10-11,16-18,20-22H2,1-7H3,(H,32,36)/t27-/m1/s1. The van der Waals surface area contributed by atoms with Crippen LogP contribution in [0.2, 0.25) is 0 Å². The molecule has 0 saturated heterocycles. The summed E-state index contributed by atoms with van der Waals surface area (Å²) in [5.74, 6) is 0. The molecule has 0 spiro atoms. The zero-order chi connectivity index (χ0) is 28.6. The number of alkyl carbamates (subject to hydrolysis) is 1. The van der Waals surface area contributed by atoms with E-state index in [0.717, 1.165) is 37.1 Å². The van der Waals surface area contributed by atoms with Crippen molar-refractivity contribution in [1.29, 1.82) is 0 Å². The number of pyridine rings is 1. The minimum absolute atomic E-state index is 0.0277. The number of rotatable bonds is 9. The van der Waals surface area contributed by atoms with Crippen LogP contribution in [0.25, 0.3) is 0 Å². The van der Waals surface area contributed by atoms with Gasteiger partial charge in [-0.2, -0.15) is 0 Å². The van der Waals surface area contributed by atoms with Crippen molar-refractivity contribution in [1.82, 2.24) is 20.1 Å². The van der Waals surface area contributed by atoms with Gasteiger partial charge in [0.2, 0.25) is 0 Å². The smallest absolute Gasteiger partial charge is 0.410 e. The van der Waals surface area contributed by atoms with Crippen molar-refractivity contribution in [3.63, 3.8) is 0 Å². The summed E-state index contributed by atoms with van der Waals surface area (Å²) in [6, 6.07) is 12.4. The Hall–Kier alpha value is -3.13. The monoisotopic (exact) mass is 538 g/mol. The Morgan fingerprint density at radius 1 is 1.00 bits per heavy atom. The second kappa shape index (κ2) is 13.3. The lowest BCUT2D eigenvalue weighted by atomic mass is 9.94. The van der Waals surface area contributed by atoms with Gasteiger partial charge in [0.25, 0.3) is 0 Å². The van der Waals surface area contributed by atoms with Crippen molar-refractivity contribution in [3.05, 3.63) is 65.0 Å². The number of benzene rings is 1. The number of ether oxygens (including phenoxy) is 2. The third-order valence-electron chi connectivity index (χ3n) is 6.38. The van der Waals surface area contributed by atoms with E-state index in [-0.39, 0.29) is 12.1 Å². The van der Waals surface area contributed by atoms with E-state index >= 15 is 0 Å². The van der Waals surface area contributed by atoms with Crippen LogP contribution in [0.5, 0.6) is 0 Å². The van der Waals surface area contributed by atoms with Crippen LogP contribution < -0.4 is 5.32 Å². The Balaban J connectivity index is 1.70. The second-order valence-corrected chi connectivity index (χ2v) is 12.4. The molecule has 2 heterocycles. The summed E-state index contributed by atoms with van der Waals surface area (Å²) in [4.78, 5) is 34.2. The number of aryl methyl sites for hydroxylation is 1. The van der Waals surface area contributed by atoms with Gasteiger partial charge in [-0.05, 0) is 97.0 Å². The minimum atomic E-state index is -0.564. The van der Waals surface area contributed by atoms with Crippen molar-refractivity contribution < 1.29 is 19.1 Å². The normalized spacial score (nSPS) is 15.6. The Morgan fingerprint density at radius 2 is 1.69 bits per heavy atom. The SMILES string of the molecule is Cc1ccc(CN(CCCCNC(=O)OC(C)(C)C)C[C@H]2Cc3ccccc3CN2C(=O)OC(C)(C)C)nc1. The number of fused-ring (bicyclic) bond motifs is 1. The fraction of sp³-hybridized carbons (Fsp3) is 0.581. The number of hydrogen-bond acceptors (Lipinski definition) is 6. The van der Waals surface area contributed by atoms with E-state index in [0.29, 0.717) is 26.2 Å². The minimum Gasteiger partial charge on any atom is -0.444 e. The van der Waals surface area contributed by atoms with Crippen LogP contribution in [0, 0.1) is 6.92 Å². The first-order valence-electron chi connectivity index (χ1n) is 14.0.